The molecule has 0 radical (unpaired) electrons. The minimum Gasteiger partial charge on any atom is -0.378 e. The molecule has 0 unspecified atom stereocenters. The van der Waals surface area contributed by atoms with Crippen LogP contribution in [0.2, 0.25) is 0 Å². The molecule has 0 aliphatic rings. The number of fused-ring (bicyclic) bond motifs is 1. The van der Waals surface area contributed by atoms with Gasteiger partial charge in [-0.2, -0.15) is 4.98 Å². The maximum Gasteiger partial charge on any atom is 0.253 e. The highest BCUT2D eigenvalue weighted by atomic mass is 32.2. The van der Waals surface area contributed by atoms with E-state index in [4.69, 9.17) is 0 Å². The Morgan fingerprint density at radius 1 is 1.11 bits per heavy atom. The van der Waals surface area contributed by atoms with Crippen LogP contribution in [0.1, 0.15) is 22.5 Å². The number of carbonyl (C=O) groups is 1. The standard InChI is InChI=1S/C20H26N6OS/c1-13-17(14(2)26-19(21-13)22-20(23-26)28-6)11-18(27)25(5)12-15-7-9-16(10-8-15)24(3)4/h7-10H,11-12H2,1-6H3. The van der Waals surface area contributed by atoms with Crippen LogP contribution in [0.3, 0.4) is 0 Å². The summed E-state index contributed by atoms with van der Waals surface area (Å²) in [5, 5.41) is 5.13. The molecular formula is C20H26N6OS. The van der Waals surface area contributed by atoms with E-state index in [0.29, 0.717) is 23.9 Å². The van der Waals surface area contributed by atoms with Crippen molar-refractivity contribution < 1.29 is 4.79 Å². The summed E-state index contributed by atoms with van der Waals surface area (Å²) in [7, 11) is 5.86. The van der Waals surface area contributed by atoms with Gasteiger partial charge in [-0.05, 0) is 37.8 Å². The third-order valence-electron chi connectivity index (χ3n) is 4.84. The Hall–Kier alpha value is -2.61. The van der Waals surface area contributed by atoms with Gasteiger partial charge in [-0.3, -0.25) is 4.79 Å². The van der Waals surface area contributed by atoms with Crippen LogP contribution in [0.15, 0.2) is 29.4 Å². The lowest BCUT2D eigenvalue weighted by Gasteiger charge is -2.19. The minimum atomic E-state index is 0.0502. The van der Waals surface area contributed by atoms with Crippen LogP contribution in [0.5, 0.6) is 0 Å². The lowest BCUT2D eigenvalue weighted by Crippen LogP contribution is -2.28. The van der Waals surface area contributed by atoms with Gasteiger partial charge in [0.25, 0.3) is 5.78 Å². The molecule has 1 amide bonds. The molecule has 2 aromatic heterocycles. The minimum absolute atomic E-state index is 0.0502. The van der Waals surface area contributed by atoms with Crippen molar-refractivity contribution in [3.63, 3.8) is 0 Å². The summed E-state index contributed by atoms with van der Waals surface area (Å²) in [6, 6.07) is 8.24. The Morgan fingerprint density at radius 2 is 1.79 bits per heavy atom. The highest BCUT2D eigenvalue weighted by molar-refractivity contribution is 7.98. The summed E-state index contributed by atoms with van der Waals surface area (Å²) >= 11 is 1.48. The largest absolute Gasteiger partial charge is 0.378 e. The first-order valence-corrected chi connectivity index (χ1v) is 10.3. The number of hydrogen-bond acceptors (Lipinski definition) is 6. The predicted octanol–water partition coefficient (Wildman–Crippen LogP) is 2.73. The number of thioether (sulfide) groups is 1. The number of hydrogen-bond donors (Lipinski definition) is 0. The fraction of sp³-hybridized carbons (Fsp3) is 0.400. The molecule has 28 heavy (non-hydrogen) atoms. The molecule has 2 heterocycles. The lowest BCUT2D eigenvalue weighted by molar-refractivity contribution is -0.129. The first-order chi connectivity index (χ1) is 13.3. The van der Waals surface area contributed by atoms with E-state index in [1.54, 1.807) is 9.42 Å². The van der Waals surface area contributed by atoms with E-state index in [1.807, 2.05) is 41.2 Å². The Labute approximate surface area is 169 Å². The van der Waals surface area contributed by atoms with Crippen molar-refractivity contribution in [2.45, 2.75) is 32.0 Å². The fourth-order valence-electron chi connectivity index (χ4n) is 3.08. The van der Waals surface area contributed by atoms with E-state index in [0.717, 1.165) is 28.2 Å². The predicted molar refractivity (Wildman–Crippen MR) is 113 cm³/mol. The topological polar surface area (TPSA) is 66.6 Å². The van der Waals surface area contributed by atoms with Crippen molar-refractivity contribution in [3.05, 3.63) is 46.8 Å². The zero-order valence-electron chi connectivity index (χ0n) is 17.2. The smallest absolute Gasteiger partial charge is 0.253 e. The van der Waals surface area contributed by atoms with Gasteiger partial charge in [0.05, 0.1) is 6.42 Å². The summed E-state index contributed by atoms with van der Waals surface area (Å²) in [5.74, 6) is 0.624. The van der Waals surface area contributed by atoms with Gasteiger partial charge >= 0.3 is 0 Å². The molecule has 3 rings (SSSR count). The van der Waals surface area contributed by atoms with Crippen molar-refractivity contribution in [2.24, 2.45) is 0 Å². The van der Waals surface area contributed by atoms with Gasteiger partial charge in [-0.15, -0.1) is 5.10 Å². The summed E-state index contributed by atoms with van der Waals surface area (Å²) < 4.78 is 1.72. The molecule has 148 valence electrons. The van der Waals surface area contributed by atoms with Crippen molar-refractivity contribution in [3.8, 4) is 0 Å². The van der Waals surface area contributed by atoms with Gasteiger partial charge in [0.15, 0.2) is 0 Å². The normalized spacial score (nSPS) is 11.1. The lowest BCUT2D eigenvalue weighted by atomic mass is 10.1. The monoisotopic (exact) mass is 398 g/mol. The Kier molecular flexibility index (Phi) is 5.88. The molecule has 0 fully saturated rings. The average molecular weight is 399 g/mol. The van der Waals surface area contributed by atoms with E-state index in [9.17, 15) is 4.79 Å². The molecule has 0 saturated heterocycles. The van der Waals surface area contributed by atoms with Gasteiger partial charge in [0.2, 0.25) is 11.1 Å². The number of nitrogens with zero attached hydrogens (tertiary/aromatic N) is 6. The van der Waals surface area contributed by atoms with Crippen LogP contribution in [0, 0.1) is 13.8 Å². The molecular weight excluding hydrogens is 372 g/mol. The third kappa shape index (κ3) is 4.11. The van der Waals surface area contributed by atoms with Gasteiger partial charge in [-0.25, -0.2) is 9.50 Å². The zero-order valence-corrected chi connectivity index (χ0v) is 18.0. The quantitative estimate of drug-likeness (QED) is 0.595. The van der Waals surface area contributed by atoms with Crippen molar-refractivity contribution in [2.75, 3.05) is 32.3 Å². The fourth-order valence-corrected chi connectivity index (χ4v) is 3.42. The highest BCUT2D eigenvalue weighted by Crippen LogP contribution is 2.18. The second-order valence-electron chi connectivity index (χ2n) is 7.06. The second kappa shape index (κ2) is 8.18. The Balaban J connectivity index is 1.76. The van der Waals surface area contributed by atoms with Crippen LogP contribution in [-0.2, 0) is 17.8 Å². The van der Waals surface area contributed by atoms with Crippen molar-refractivity contribution >= 4 is 29.1 Å². The van der Waals surface area contributed by atoms with Crippen LogP contribution in [0.4, 0.5) is 5.69 Å². The second-order valence-corrected chi connectivity index (χ2v) is 7.83. The van der Waals surface area contributed by atoms with E-state index < -0.39 is 0 Å². The van der Waals surface area contributed by atoms with Crippen LogP contribution < -0.4 is 4.90 Å². The van der Waals surface area contributed by atoms with E-state index in [2.05, 4.69) is 44.2 Å². The van der Waals surface area contributed by atoms with E-state index in [1.165, 1.54) is 11.8 Å². The molecule has 0 saturated carbocycles. The van der Waals surface area contributed by atoms with Gasteiger partial charge in [0.1, 0.15) is 0 Å². The molecule has 0 spiro atoms. The SMILES string of the molecule is CSc1nc2nc(C)c(CC(=O)N(C)Cc3ccc(N(C)C)cc3)c(C)n2n1. The molecule has 3 aromatic rings. The molecule has 0 aliphatic heterocycles. The third-order valence-corrected chi connectivity index (χ3v) is 5.38. The number of benzene rings is 1. The number of anilines is 1. The van der Waals surface area contributed by atoms with E-state index >= 15 is 0 Å². The summed E-state index contributed by atoms with van der Waals surface area (Å²) in [6.45, 7) is 4.45. The van der Waals surface area contributed by atoms with E-state index in [-0.39, 0.29) is 5.91 Å². The molecule has 0 N–H and O–H groups in total. The maximum atomic E-state index is 12.8. The highest BCUT2D eigenvalue weighted by Gasteiger charge is 2.18. The Morgan fingerprint density at radius 3 is 2.39 bits per heavy atom. The summed E-state index contributed by atoms with van der Waals surface area (Å²) in [4.78, 5) is 25.6. The summed E-state index contributed by atoms with van der Waals surface area (Å²) in [5.41, 5.74) is 4.88. The maximum absolute atomic E-state index is 12.8. The number of carbonyl (C=O) groups excluding carboxylic acids is 1. The first-order valence-electron chi connectivity index (χ1n) is 9.07. The summed E-state index contributed by atoms with van der Waals surface area (Å²) in [6.07, 6.45) is 2.22. The number of aromatic nitrogens is 4. The molecule has 7 nitrogen and oxygen atoms in total. The Bertz CT molecular complexity index is 996. The number of likely N-dealkylation sites (N-methyl/N-ethyl adjacent to an activating group) is 1. The van der Waals surface area contributed by atoms with Gasteiger partial charge in [0, 0.05) is 50.3 Å². The molecule has 1 aromatic carbocycles. The van der Waals surface area contributed by atoms with Crippen LogP contribution >= 0.6 is 11.8 Å². The van der Waals surface area contributed by atoms with Crippen molar-refractivity contribution in [1.82, 2.24) is 24.5 Å². The zero-order chi connectivity index (χ0) is 20.4. The number of rotatable bonds is 6. The molecule has 0 aliphatic carbocycles. The van der Waals surface area contributed by atoms with Gasteiger partial charge < -0.3 is 9.80 Å². The molecule has 0 atom stereocenters. The van der Waals surface area contributed by atoms with Crippen LogP contribution in [-0.4, -0.2) is 57.8 Å². The number of aryl methyl sites for hydroxylation is 2. The average Bonchev–Trinajstić information content (AvgIpc) is 3.08. The number of amides is 1. The van der Waals surface area contributed by atoms with Crippen LogP contribution in [0.25, 0.3) is 5.78 Å². The van der Waals surface area contributed by atoms with Crippen molar-refractivity contribution in [1.29, 1.82) is 0 Å². The molecule has 0 bridgehead atoms. The first kappa shape index (κ1) is 20.1. The molecule has 8 heteroatoms. The van der Waals surface area contributed by atoms with Gasteiger partial charge in [-0.1, -0.05) is 23.9 Å².